The first-order valence-corrected chi connectivity index (χ1v) is 6.51. The van der Waals surface area contributed by atoms with Gasteiger partial charge < -0.3 is 5.32 Å². The van der Waals surface area contributed by atoms with Crippen LogP contribution in [0.5, 0.6) is 0 Å². The number of rotatable bonds is 2. The predicted octanol–water partition coefficient (Wildman–Crippen LogP) is 3.53. The van der Waals surface area contributed by atoms with E-state index in [-0.39, 0.29) is 10.4 Å². The maximum Gasteiger partial charge on any atom is 0.259 e. The Labute approximate surface area is 123 Å². The van der Waals surface area contributed by atoms with E-state index in [9.17, 15) is 13.6 Å². The fourth-order valence-corrected chi connectivity index (χ4v) is 2.19. The van der Waals surface area contributed by atoms with Gasteiger partial charge in [0.25, 0.3) is 5.91 Å². The number of benzene rings is 1. The van der Waals surface area contributed by atoms with Gasteiger partial charge in [0.1, 0.15) is 9.21 Å². The van der Waals surface area contributed by atoms with E-state index in [2.05, 4.69) is 47.1 Å². The molecule has 8 heteroatoms. The molecule has 0 aliphatic carbocycles. The molecule has 1 amide bonds. The highest BCUT2D eigenvalue weighted by atomic mass is 79.9. The third kappa shape index (κ3) is 3.13. The molecule has 98 valence electrons. The summed E-state index contributed by atoms with van der Waals surface area (Å²) in [5, 5.41) is 2.33. The molecule has 0 saturated carbocycles. The van der Waals surface area contributed by atoms with Crippen LogP contribution in [0.2, 0.25) is 0 Å². The lowest BCUT2D eigenvalue weighted by Gasteiger charge is -2.07. The van der Waals surface area contributed by atoms with Gasteiger partial charge in [0.05, 0.1) is 11.8 Å². The smallest absolute Gasteiger partial charge is 0.259 e. The Bertz CT molecular complexity index is 652. The number of anilines is 1. The van der Waals surface area contributed by atoms with Gasteiger partial charge >= 0.3 is 0 Å². The normalized spacial score (nSPS) is 10.3. The molecule has 0 saturated heterocycles. The van der Waals surface area contributed by atoms with Crippen molar-refractivity contribution in [1.82, 2.24) is 9.97 Å². The van der Waals surface area contributed by atoms with Gasteiger partial charge in [0.2, 0.25) is 0 Å². The molecule has 0 radical (unpaired) electrons. The summed E-state index contributed by atoms with van der Waals surface area (Å²) in [5.74, 6) is -3.00. The van der Waals surface area contributed by atoms with Gasteiger partial charge in [-0.15, -0.1) is 0 Å². The molecule has 1 aromatic heterocycles. The summed E-state index contributed by atoms with van der Waals surface area (Å²) in [6, 6.07) is 3.35. The summed E-state index contributed by atoms with van der Waals surface area (Å²) in [7, 11) is 0. The SMILES string of the molecule is O=C(Nc1ncc(Br)nc1Br)c1cccc(F)c1F. The lowest BCUT2D eigenvalue weighted by Crippen LogP contribution is -2.16. The zero-order chi connectivity index (χ0) is 14.0. The zero-order valence-electron chi connectivity index (χ0n) is 9.12. The van der Waals surface area contributed by atoms with Crippen LogP contribution in [-0.4, -0.2) is 15.9 Å². The summed E-state index contributed by atoms with van der Waals surface area (Å²) >= 11 is 6.20. The first kappa shape index (κ1) is 14.0. The summed E-state index contributed by atoms with van der Waals surface area (Å²) in [6.07, 6.45) is 1.36. The third-order valence-corrected chi connectivity index (χ3v) is 3.06. The van der Waals surface area contributed by atoms with Gasteiger partial charge in [-0.1, -0.05) is 6.07 Å². The van der Waals surface area contributed by atoms with Crippen molar-refractivity contribution in [3.8, 4) is 0 Å². The van der Waals surface area contributed by atoms with E-state index in [4.69, 9.17) is 0 Å². The van der Waals surface area contributed by atoms with Crippen molar-refractivity contribution in [3.05, 3.63) is 50.8 Å². The van der Waals surface area contributed by atoms with E-state index < -0.39 is 23.1 Å². The molecule has 2 aromatic rings. The number of hydrogen-bond donors (Lipinski definition) is 1. The van der Waals surface area contributed by atoms with Gasteiger partial charge in [0.15, 0.2) is 17.5 Å². The molecule has 1 aromatic carbocycles. The molecule has 0 unspecified atom stereocenters. The second-order valence-electron chi connectivity index (χ2n) is 3.39. The fraction of sp³-hybridized carbons (Fsp3) is 0. The van der Waals surface area contributed by atoms with Gasteiger partial charge in [-0.25, -0.2) is 18.7 Å². The number of nitrogens with zero attached hydrogens (tertiary/aromatic N) is 2. The van der Waals surface area contributed by atoms with Crippen molar-refractivity contribution in [2.24, 2.45) is 0 Å². The third-order valence-electron chi connectivity index (χ3n) is 2.13. The predicted molar refractivity (Wildman–Crippen MR) is 71.7 cm³/mol. The van der Waals surface area contributed by atoms with Crippen LogP contribution in [0, 0.1) is 11.6 Å². The van der Waals surface area contributed by atoms with E-state index in [1.54, 1.807) is 0 Å². The van der Waals surface area contributed by atoms with Crippen molar-refractivity contribution in [1.29, 1.82) is 0 Å². The first-order chi connectivity index (χ1) is 8.99. The average Bonchev–Trinajstić information content (AvgIpc) is 2.36. The van der Waals surface area contributed by atoms with Gasteiger partial charge in [-0.3, -0.25) is 4.79 Å². The van der Waals surface area contributed by atoms with Gasteiger partial charge in [0, 0.05) is 0 Å². The molecular weight excluding hydrogens is 388 g/mol. The minimum Gasteiger partial charge on any atom is -0.304 e. The summed E-state index contributed by atoms with van der Waals surface area (Å²) in [6.45, 7) is 0. The topological polar surface area (TPSA) is 54.9 Å². The van der Waals surface area contributed by atoms with Crippen LogP contribution >= 0.6 is 31.9 Å². The van der Waals surface area contributed by atoms with E-state index in [1.165, 1.54) is 18.3 Å². The number of carbonyl (C=O) groups excluding carboxylic acids is 1. The Morgan fingerprint density at radius 3 is 2.68 bits per heavy atom. The van der Waals surface area contributed by atoms with Gasteiger partial charge in [-0.2, -0.15) is 0 Å². The van der Waals surface area contributed by atoms with Crippen molar-refractivity contribution in [2.45, 2.75) is 0 Å². The maximum absolute atomic E-state index is 13.4. The fourth-order valence-electron chi connectivity index (χ4n) is 1.28. The molecule has 0 aliphatic heterocycles. The summed E-state index contributed by atoms with van der Waals surface area (Å²) in [4.78, 5) is 19.6. The monoisotopic (exact) mass is 391 g/mol. The minimum atomic E-state index is -1.21. The number of carbonyl (C=O) groups is 1. The second kappa shape index (κ2) is 5.70. The molecule has 0 bridgehead atoms. The quantitative estimate of drug-likeness (QED) is 0.850. The molecule has 4 nitrogen and oxygen atoms in total. The van der Waals surface area contributed by atoms with E-state index >= 15 is 0 Å². The number of halogens is 4. The maximum atomic E-state index is 13.4. The Morgan fingerprint density at radius 1 is 1.26 bits per heavy atom. The Balaban J connectivity index is 2.28. The largest absolute Gasteiger partial charge is 0.304 e. The molecule has 0 spiro atoms. The summed E-state index contributed by atoms with van der Waals surface area (Å²) in [5.41, 5.74) is -0.406. The molecule has 0 atom stereocenters. The van der Waals surface area contributed by atoms with Crippen molar-refractivity contribution in [2.75, 3.05) is 5.32 Å². The highest BCUT2D eigenvalue weighted by Crippen LogP contribution is 2.20. The van der Waals surface area contributed by atoms with Crippen LogP contribution in [0.15, 0.2) is 33.6 Å². The Kier molecular flexibility index (Phi) is 4.20. The molecular formula is C11H5Br2F2N3O. The van der Waals surface area contributed by atoms with Crippen LogP contribution < -0.4 is 5.32 Å². The molecule has 0 fully saturated rings. The molecule has 0 aliphatic rings. The van der Waals surface area contributed by atoms with Crippen LogP contribution in [0.4, 0.5) is 14.6 Å². The average molecular weight is 393 g/mol. The van der Waals surface area contributed by atoms with Crippen molar-refractivity contribution < 1.29 is 13.6 Å². The van der Waals surface area contributed by atoms with E-state index in [0.29, 0.717) is 4.60 Å². The number of aromatic nitrogens is 2. The number of hydrogen-bond acceptors (Lipinski definition) is 3. The molecule has 2 rings (SSSR count). The lowest BCUT2D eigenvalue weighted by molar-refractivity contribution is 0.102. The molecule has 1 N–H and O–H groups in total. The van der Waals surface area contributed by atoms with Crippen molar-refractivity contribution in [3.63, 3.8) is 0 Å². The number of nitrogens with one attached hydrogen (secondary N) is 1. The highest BCUT2D eigenvalue weighted by Gasteiger charge is 2.16. The van der Waals surface area contributed by atoms with Crippen LogP contribution in [0.1, 0.15) is 10.4 Å². The number of amides is 1. The Hall–Kier alpha value is -1.41. The molecule has 19 heavy (non-hydrogen) atoms. The summed E-state index contributed by atoms with van der Waals surface area (Å²) < 4.78 is 27.2. The van der Waals surface area contributed by atoms with Crippen LogP contribution in [-0.2, 0) is 0 Å². The lowest BCUT2D eigenvalue weighted by atomic mass is 10.2. The van der Waals surface area contributed by atoms with E-state index in [1.807, 2.05) is 0 Å². The van der Waals surface area contributed by atoms with Crippen LogP contribution in [0.3, 0.4) is 0 Å². The first-order valence-electron chi connectivity index (χ1n) is 4.92. The highest BCUT2D eigenvalue weighted by molar-refractivity contribution is 9.11. The van der Waals surface area contributed by atoms with Crippen LogP contribution in [0.25, 0.3) is 0 Å². The zero-order valence-corrected chi connectivity index (χ0v) is 12.3. The van der Waals surface area contributed by atoms with Gasteiger partial charge in [-0.05, 0) is 44.0 Å². The minimum absolute atomic E-state index is 0.108. The van der Waals surface area contributed by atoms with E-state index in [0.717, 1.165) is 6.07 Å². The molecule has 1 heterocycles. The Morgan fingerprint density at radius 2 is 2.00 bits per heavy atom. The van der Waals surface area contributed by atoms with Crippen molar-refractivity contribution >= 4 is 43.6 Å². The second-order valence-corrected chi connectivity index (χ2v) is 4.95. The standard InChI is InChI=1S/C11H5Br2F2N3O/c12-7-4-16-10(9(13)17-7)18-11(19)5-2-1-3-6(14)8(5)15/h1-4H,(H,16,18,19).